The van der Waals surface area contributed by atoms with E-state index in [2.05, 4.69) is 41.2 Å². The summed E-state index contributed by atoms with van der Waals surface area (Å²) in [7, 11) is 1.70. The van der Waals surface area contributed by atoms with Crippen molar-refractivity contribution in [2.75, 3.05) is 16.0 Å². The van der Waals surface area contributed by atoms with Crippen molar-refractivity contribution in [3.8, 4) is 0 Å². The highest BCUT2D eigenvalue weighted by atomic mass is 16.2. The molecule has 0 aliphatic carbocycles. The van der Waals surface area contributed by atoms with Crippen LogP contribution in [0.4, 0.5) is 28.8 Å². The summed E-state index contributed by atoms with van der Waals surface area (Å²) in [4.78, 5) is 25.2. The average molecular weight is 401 g/mol. The van der Waals surface area contributed by atoms with Gasteiger partial charge in [-0.25, -0.2) is 15.0 Å². The van der Waals surface area contributed by atoms with Crippen molar-refractivity contribution in [2.45, 2.75) is 6.92 Å². The van der Waals surface area contributed by atoms with Crippen LogP contribution in [0.3, 0.4) is 0 Å². The quantitative estimate of drug-likeness (QED) is 0.451. The molecule has 4 aromatic rings. The van der Waals surface area contributed by atoms with E-state index in [9.17, 15) is 4.79 Å². The zero-order chi connectivity index (χ0) is 20.9. The number of aromatic nitrogens is 6. The first-order valence-electron chi connectivity index (χ1n) is 9.14. The number of anilines is 5. The van der Waals surface area contributed by atoms with Crippen LogP contribution in [0.1, 0.15) is 16.3 Å². The molecule has 3 aromatic heterocycles. The summed E-state index contributed by atoms with van der Waals surface area (Å²) in [5.41, 5.74) is 1.71. The number of benzene rings is 1. The molecule has 0 saturated heterocycles. The van der Waals surface area contributed by atoms with E-state index in [0.29, 0.717) is 29.0 Å². The number of amides is 1. The predicted octanol–water partition coefficient (Wildman–Crippen LogP) is 3.05. The monoisotopic (exact) mass is 401 g/mol. The second kappa shape index (κ2) is 8.35. The van der Waals surface area contributed by atoms with Crippen LogP contribution in [0, 0.1) is 6.92 Å². The Bertz CT molecular complexity index is 1160. The van der Waals surface area contributed by atoms with Gasteiger partial charge in [0.05, 0.1) is 6.20 Å². The highest BCUT2D eigenvalue weighted by Crippen LogP contribution is 2.21. The van der Waals surface area contributed by atoms with Crippen LogP contribution in [0.15, 0.2) is 60.9 Å². The van der Waals surface area contributed by atoms with E-state index in [-0.39, 0.29) is 11.6 Å². The maximum absolute atomic E-state index is 12.2. The second-order valence-corrected chi connectivity index (χ2v) is 6.46. The van der Waals surface area contributed by atoms with Crippen molar-refractivity contribution >= 4 is 34.7 Å². The third kappa shape index (κ3) is 4.73. The Balaban J connectivity index is 1.43. The van der Waals surface area contributed by atoms with Gasteiger partial charge < -0.3 is 16.0 Å². The number of hydrogen-bond donors (Lipinski definition) is 3. The summed E-state index contributed by atoms with van der Waals surface area (Å²) in [6.07, 6.45) is 3.26. The van der Waals surface area contributed by atoms with Gasteiger partial charge in [-0.2, -0.15) is 0 Å². The van der Waals surface area contributed by atoms with E-state index < -0.39 is 0 Å². The number of nitrogens with zero attached hydrogens (tertiary/aromatic N) is 6. The maximum atomic E-state index is 12.2. The minimum Gasteiger partial charge on any atom is -0.340 e. The van der Waals surface area contributed by atoms with Crippen LogP contribution < -0.4 is 16.0 Å². The highest BCUT2D eigenvalue weighted by Gasteiger charge is 2.10. The molecule has 0 atom stereocenters. The van der Waals surface area contributed by atoms with Gasteiger partial charge in [0.25, 0.3) is 5.91 Å². The number of rotatable bonds is 6. The molecule has 0 radical (unpaired) electrons. The third-order valence-corrected chi connectivity index (χ3v) is 4.01. The Morgan fingerprint density at radius 3 is 2.33 bits per heavy atom. The predicted molar refractivity (Wildman–Crippen MR) is 113 cm³/mol. The fourth-order valence-corrected chi connectivity index (χ4v) is 2.69. The summed E-state index contributed by atoms with van der Waals surface area (Å²) in [5.74, 6) is 2.27. The molecule has 150 valence electrons. The molecule has 4 rings (SSSR count). The first kappa shape index (κ1) is 19.0. The first-order valence-corrected chi connectivity index (χ1v) is 9.14. The number of nitrogens with one attached hydrogen (secondary N) is 3. The number of pyridine rings is 1. The minimum atomic E-state index is -0.319. The minimum absolute atomic E-state index is 0.254. The molecule has 3 heterocycles. The number of carbonyl (C=O) groups is 1. The Morgan fingerprint density at radius 2 is 1.67 bits per heavy atom. The average Bonchev–Trinajstić information content (AvgIpc) is 3.16. The number of carbonyl (C=O) groups excluding carboxylic acids is 1. The molecule has 0 bridgehead atoms. The van der Waals surface area contributed by atoms with Crippen molar-refractivity contribution in [1.29, 1.82) is 0 Å². The van der Waals surface area contributed by atoms with Gasteiger partial charge in [0.15, 0.2) is 5.69 Å². The summed E-state index contributed by atoms with van der Waals surface area (Å²) in [5, 5.41) is 16.7. The molecule has 1 aromatic carbocycles. The lowest BCUT2D eigenvalue weighted by atomic mass is 10.2. The van der Waals surface area contributed by atoms with Crippen LogP contribution in [0.5, 0.6) is 0 Å². The molecule has 30 heavy (non-hydrogen) atoms. The van der Waals surface area contributed by atoms with E-state index in [0.717, 1.165) is 5.69 Å². The standard InChI is InChI=1S/C20H19N9O/c1-13-22-18(11-19(23-13)26-17-5-3-4-10-21-17)24-14-6-8-15(9-7-14)25-20(30)16-12-29(2)28-27-16/h3-12H,1-2H3,(H,25,30)(H2,21,22,23,24,26). The molecule has 0 fully saturated rings. The molecule has 1 amide bonds. The fraction of sp³-hybridized carbons (Fsp3) is 0.100. The van der Waals surface area contributed by atoms with Gasteiger partial charge in [-0.1, -0.05) is 11.3 Å². The van der Waals surface area contributed by atoms with Crippen LogP contribution in [-0.4, -0.2) is 35.9 Å². The summed E-state index contributed by atoms with van der Waals surface area (Å²) in [6, 6.07) is 14.7. The van der Waals surface area contributed by atoms with Crippen LogP contribution >= 0.6 is 0 Å². The van der Waals surface area contributed by atoms with Gasteiger partial charge in [-0.15, -0.1) is 5.10 Å². The van der Waals surface area contributed by atoms with Crippen molar-refractivity contribution in [3.63, 3.8) is 0 Å². The topological polar surface area (TPSA) is 123 Å². The second-order valence-electron chi connectivity index (χ2n) is 6.46. The third-order valence-electron chi connectivity index (χ3n) is 4.01. The molecular weight excluding hydrogens is 382 g/mol. The van der Waals surface area contributed by atoms with E-state index >= 15 is 0 Å². The lowest BCUT2D eigenvalue weighted by molar-refractivity contribution is 0.102. The smallest absolute Gasteiger partial charge is 0.277 e. The van der Waals surface area contributed by atoms with E-state index in [4.69, 9.17) is 0 Å². The van der Waals surface area contributed by atoms with Gasteiger partial charge >= 0.3 is 0 Å². The van der Waals surface area contributed by atoms with E-state index in [1.165, 1.54) is 4.68 Å². The maximum Gasteiger partial charge on any atom is 0.277 e. The summed E-state index contributed by atoms with van der Waals surface area (Å²) in [6.45, 7) is 1.82. The van der Waals surface area contributed by atoms with Gasteiger partial charge in [0.2, 0.25) is 0 Å². The number of hydrogen-bond acceptors (Lipinski definition) is 8. The molecule has 10 nitrogen and oxygen atoms in total. The highest BCUT2D eigenvalue weighted by molar-refractivity contribution is 6.02. The Labute approximate surface area is 172 Å². The molecular formula is C20H19N9O. The van der Waals surface area contributed by atoms with Gasteiger partial charge in [-0.3, -0.25) is 9.48 Å². The lowest BCUT2D eigenvalue weighted by Crippen LogP contribution is -2.12. The van der Waals surface area contributed by atoms with Gasteiger partial charge in [0, 0.05) is 30.7 Å². The van der Waals surface area contributed by atoms with Crippen molar-refractivity contribution in [3.05, 3.63) is 72.4 Å². The van der Waals surface area contributed by atoms with E-state index in [1.807, 2.05) is 37.3 Å². The summed E-state index contributed by atoms with van der Waals surface area (Å²) < 4.78 is 1.47. The zero-order valence-electron chi connectivity index (χ0n) is 16.4. The van der Waals surface area contributed by atoms with Crippen molar-refractivity contribution in [1.82, 2.24) is 29.9 Å². The van der Waals surface area contributed by atoms with E-state index in [1.54, 1.807) is 37.6 Å². The van der Waals surface area contributed by atoms with Crippen LogP contribution in [-0.2, 0) is 7.05 Å². The van der Waals surface area contributed by atoms with Crippen LogP contribution in [0.2, 0.25) is 0 Å². The SMILES string of the molecule is Cc1nc(Nc2ccc(NC(=O)c3cn(C)nn3)cc2)cc(Nc2ccccn2)n1. The van der Waals surface area contributed by atoms with Crippen LogP contribution in [0.25, 0.3) is 0 Å². The zero-order valence-corrected chi connectivity index (χ0v) is 16.4. The molecule has 0 aliphatic rings. The molecule has 0 saturated carbocycles. The largest absolute Gasteiger partial charge is 0.340 e. The molecule has 0 aliphatic heterocycles. The Kier molecular flexibility index (Phi) is 5.29. The Hall–Kier alpha value is -4.34. The molecule has 0 unspecified atom stereocenters. The fourth-order valence-electron chi connectivity index (χ4n) is 2.69. The Morgan fingerprint density at radius 1 is 0.933 bits per heavy atom. The van der Waals surface area contributed by atoms with Gasteiger partial charge in [-0.05, 0) is 43.3 Å². The lowest BCUT2D eigenvalue weighted by Gasteiger charge is -2.10. The molecule has 0 spiro atoms. The molecule has 3 N–H and O–H groups in total. The molecule has 10 heteroatoms. The van der Waals surface area contributed by atoms with Gasteiger partial charge in [0.1, 0.15) is 23.3 Å². The number of aryl methyl sites for hydroxylation is 2. The first-order chi connectivity index (χ1) is 14.5. The summed E-state index contributed by atoms with van der Waals surface area (Å²) >= 11 is 0. The van der Waals surface area contributed by atoms with Crippen molar-refractivity contribution < 1.29 is 4.79 Å². The normalized spacial score (nSPS) is 10.5. The van der Waals surface area contributed by atoms with Crippen molar-refractivity contribution in [2.24, 2.45) is 7.05 Å².